The Morgan fingerprint density at radius 1 is 1.09 bits per heavy atom. The number of phenolic OH excluding ortho intramolecular Hbond substituents is 1. The fourth-order valence-electron chi connectivity index (χ4n) is 3.49. The lowest BCUT2D eigenvalue weighted by molar-refractivity contribution is -0.137. The largest absolute Gasteiger partial charge is 0.508 e. The quantitative estimate of drug-likeness (QED) is 0.454. The molecule has 3 rings (SSSR count). The average molecular weight is 441 g/mol. The second-order valence-electron chi connectivity index (χ2n) is 7.18. The number of ether oxygens (including phenoxy) is 2. The van der Waals surface area contributed by atoms with E-state index in [2.05, 4.69) is 5.32 Å². The van der Waals surface area contributed by atoms with Crippen molar-refractivity contribution >= 4 is 22.8 Å². The highest BCUT2D eigenvalue weighted by atomic mass is 16.5. The van der Waals surface area contributed by atoms with Crippen LogP contribution < -0.4 is 20.4 Å². The Kier molecular flexibility index (Phi) is 6.67. The predicted octanol–water partition coefficient (Wildman–Crippen LogP) is 2.70. The standard InChI is InChI=1S/C23H23NO8/c1-12-15-6-5-14(25)9-19(15)32-23(29)16(12)10-21(26)24-17(11-22(27)28)13-4-7-18(30-2)20(8-13)31-3/h4-9,17,25H,10-11H2,1-3H3,(H,24,26)(H,27,28)/t17-/m0/s1. The lowest BCUT2D eigenvalue weighted by Crippen LogP contribution is -2.32. The summed E-state index contributed by atoms with van der Waals surface area (Å²) in [5, 5.41) is 22.2. The van der Waals surface area contributed by atoms with Crippen LogP contribution in [0.5, 0.6) is 17.2 Å². The second-order valence-corrected chi connectivity index (χ2v) is 7.18. The minimum atomic E-state index is -1.11. The highest BCUT2D eigenvalue weighted by molar-refractivity contribution is 5.85. The van der Waals surface area contributed by atoms with Crippen molar-refractivity contribution in [1.29, 1.82) is 0 Å². The normalized spacial score (nSPS) is 11.7. The molecule has 0 bridgehead atoms. The SMILES string of the molecule is COc1ccc([C@H](CC(=O)O)NC(=O)Cc2c(C)c3ccc(O)cc3oc2=O)cc1OC. The molecule has 9 nitrogen and oxygen atoms in total. The summed E-state index contributed by atoms with van der Waals surface area (Å²) < 4.78 is 15.7. The number of aliphatic carboxylic acids is 1. The number of aryl methyl sites for hydroxylation is 1. The fraction of sp³-hybridized carbons (Fsp3) is 0.261. The summed E-state index contributed by atoms with van der Waals surface area (Å²) in [6.45, 7) is 1.68. The summed E-state index contributed by atoms with van der Waals surface area (Å²) in [5.41, 5.74) is 0.730. The van der Waals surface area contributed by atoms with Crippen molar-refractivity contribution < 1.29 is 33.7 Å². The summed E-state index contributed by atoms with van der Waals surface area (Å²) in [4.78, 5) is 36.6. The van der Waals surface area contributed by atoms with Crippen molar-refractivity contribution in [2.24, 2.45) is 0 Å². The van der Waals surface area contributed by atoms with Crippen LogP contribution in [0.25, 0.3) is 11.0 Å². The van der Waals surface area contributed by atoms with E-state index in [-0.39, 0.29) is 29.7 Å². The molecule has 0 saturated heterocycles. The van der Waals surface area contributed by atoms with Gasteiger partial charge in [-0.15, -0.1) is 0 Å². The van der Waals surface area contributed by atoms with Crippen LogP contribution in [-0.4, -0.2) is 36.3 Å². The molecule has 0 unspecified atom stereocenters. The van der Waals surface area contributed by atoms with E-state index >= 15 is 0 Å². The van der Waals surface area contributed by atoms with Crippen molar-refractivity contribution in [2.75, 3.05) is 14.2 Å². The monoisotopic (exact) mass is 441 g/mol. The van der Waals surface area contributed by atoms with E-state index in [1.54, 1.807) is 31.2 Å². The molecule has 0 aliphatic rings. The smallest absolute Gasteiger partial charge is 0.340 e. The van der Waals surface area contributed by atoms with E-state index < -0.39 is 23.5 Å². The van der Waals surface area contributed by atoms with Gasteiger partial charge in [-0.25, -0.2) is 4.79 Å². The number of hydrogen-bond donors (Lipinski definition) is 3. The van der Waals surface area contributed by atoms with Crippen LogP contribution in [0, 0.1) is 6.92 Å². The summed E-state index contributed by atoms with van der Waals surface area (Å²) in [6, 6.07) is 8.37. The van der Waals surface area contributed by atoms with Crippen molar-refractivity contribution in [3.63, 3.8) is 0 Å². The first-order valence-corrected chi connectivity index (χ1v) is 9.71. The molecule has 0 spiro atoms. The van der Waals surface area contributed by atoms with Gasteiger partial charge in [0.2, 0.25) is 5.91 Å². The number of carboxylic acid groups (broad SMARTS) is 1. The molecule has 0 saturated carbocycles. The molecule has 32 heavy (non-hydrogen) atoms. The van der Waals surface area contributed by atoms with Gasteiger partial charge in [0.25, 0.3) is 0 Å². The van der Waals surface area contributed by atoms with Crippen molar-refractivity contribution in [1.82, 2.24) is 5.32 Å². The lowest BCUT2D eigenvalue weighted by atomic mass is 10.0. The molecule has 1 heterocycles. The lowest BCUT2D eigenvalue weighted by Gasteiger charge is -2.19. The van der Waals surface area contributed by atoms with Crippen LogP contribution in [0.4, 0.5) is 0 Å². The van der Waals surface area contributed by atoms with E-state index in [0.29, 0.717) is 28.0 Å². The Hall–Kier alpha value is -4.01. The molecule has 9 heteroatoms. The average Bonchev–Trinajstić information content (AvgIpc) is 2.75. The second kappa shape index (κ2) is 9.42. The van der Waals surface area contributed by atoms with Crippen LogP contribution in [-0.2, 0) is 16.0 Å². The molecule has 0 aliphatic carbocycles. The van der Waals surface area contributed by atoms with Gasteiger partial charge in [0, 0.05) is 11.5 Å². The Labute approximate surface area is 183 Å². The van der Waals surface area contributed by atoms with Gasteiger partial charge in [0.1, 0.15) is 11.3 Å². The zero-order valence-electron chi connectivity index (χ0n) is 17.8. The molecule has 2 aromatic carbocycles. The van der Waals surface area contributed by atoms with Gasteiger partial charge in [0.05, 0.1) is 38.7 Å². The van der Waals surface area contributed by atoms with Crippen molar-refractivity contribution in [2.45, 2.75) is 25.8 Å². The molecule has 168 valence electrons. The maximum Gasteiger partial charge on any atom is 0.340 e. The number of amides is 1. The molecule has 1 aromatic heterocycles. The number of nitrogens with one attached hydrogen (secondary N) is 1. The van der Waals surface area contributed by atoms with E-state index in [4.69, 9.17) is 13.9 Å². The summed E-state index contributed by atoms with van der Waals surface area (Å²) in [7, 11) is 2.93. The third kappa shape index (κ3) is 4.83. The molecule has 0 fully saturated rings. The summed E-state index contributed by atoms with van der Waals surface area (Å²) in [5.74, 6) is -0.834. The first-order chi connectivity index (χ1) is 15.2. The van der Waals surface area contributed by atoms with Crippen LogP contribution in [0.2, 0.25) is 0 Å². The van der Waals surface area contributed by atoms with Crippen LogP contribution in [0.3, 0.4) is 0 Å². The summed E-state index contributed by atoms with van der Waals surface area (Å²) >= 11 is 0. The maximum atomic E-state index is 12.8. The number of carboxylic acids is 1. The highest BCUT2D eigenvalue weighted by Crippen LogP contribution is 2.31. The highest BCUT2D eigenvalue weighted by Gasteiger charge is 2.22. The molecule has 1 amide bonds. The third-order valence-corrected chi connectivity index (χ3v) is 5.13. The van der Waals surface area contributed by atoms with Crippen LogP contribution in [0.15, 0.2) is 45.6 Å². The molecule has 3 N–H and O–H groups in total. The minimum Gasteiger partial charge on any atom is -0.508 e. The topological polar surface area (TPSA) is 135 Å². The number of fused-ring (bicyclic) bond motifs is 1. The van der Waals surface area contributed by atoms with Gasteiger partial charge in [0.15, 0.2) is 11.5 Å². The van der Waals surface area contributed by atoms with Crippen LogP contribution in [0.1, 0.15) is 29.2 Å². The molecule has 0 radical (unpaired) electrons. The van der Waals surface area contributed by atoms with Crippen molar-refractivity contribution in [3.8, 4) is 17.2 Å². The number of carbonyl (C=O) groups excluding carboxylic acids is 1. The van der Waals surface area contributed by atoms with E-state index in [9.17, 15) is 24.6 Å². The minimum absolute atomic E-state index is 0.0445. The number of carbonyl (C=O) groups is 2. The Bertz CT molecular complexity index is 1230. The van der Waals surface area contributed by atoms with Gasteiger partial charge < -0.3 is 29.4 Å². The number of hydrogen-bond acceptors (Lipinski definition) is 7. The molecule has 1 atom stereocenters. The first-order valence-electron chi connectivity index (χ1n) is 9.71. The van der Waals surface area contributed by atoms with Crippen molar-refractivity contribution in [3.05, 3.63) is 63.5 Å². The summed E-state index contributed by atoms with van der Waals surface area (Å²) in [6.07, 6.45) is -0.666. The molecule has 0 aliphatic heterocycles. The van der Waals surface area contributed by atoms with Gasteiger partial charge in [-0.1, -0.05) is 6.07 Å². The number of benzene rings is 2. The van der Waals surface area contributed by atoms with E-state index in [0.717, 1.165) is 0 Å². The third-order valence-electron chi connectivity index (χ3n) is 5.13. The molecular weight excluding hydrogens is 418 g/mol. The van der Waals surface area contributed by atoms with E-state index in [1.165, 1.54) is 26.4 Å². The number of methoxy groups -OCH3 is 2. The number of aromatic hydroxyl groups is 1. The number of phenols is 1. The zero-order valence-corrected chi connectivity index (χ0v) is 17.8. The molecule has 3 aromatic rings. The number of rotatable bonds is 8. The van der Waals surface area contributed by atoms with Gasteiger partial charge in [-0.05, 0) is 42.3 Å². The fourth-order valence-corrected chi connectivity index (χ4v) is 3.49. The van der Waals surface area contributed by atoms with Gasteiger partial charge in [-0.3, -0.25) is 9.59 Å². The Balaban J connectivity index is 1.89. The predicted molar refractivity (Wildman–Crippen MR) is 115 cm³/mol. The van der Waals surface area contributed by atoms with Gasteiger partial charge in [-0.2, -0.15) is 0 Å². The molecular formula is C23H23NO8. The Morgan fingerprint density at radius 2 is 1.81 bits per heavy atom. The van der Waals surface area contributed by atoms with Crippen LogP contribution >= 0.6 is 0 Å². The first kappa shape index (κ1) is 22.7. The van der Waals surface area contributed by atoms with Gasteiger partial charge >= 0.3 is 11.6 Å². The maximum absolute atomic E-state index is 12.8. The zero-order chi connectivity index (χ0) is 23.4. The van der Waals surface area contributed by atoms with E-state index in [1.807, 2.05) is 0 Å². The Morgan fingerprint density at radius 3 is 2.47 bits per heavy atom.